The van der Waals surface area contributed by atoms with Crippen LogP contribution < -0.4 is 11.1 Å². The number of halogens is 1. The second-order valence-electron chi connectivity index (χ2n) is 8.45. The van der Waals surface area contributed by atoms with E-state index in [9.17, 15) is 0 Å². The third kappa shape index (κ3) is 3.01. The van der Waals surface area contributed by atoms with Crippen molar-refractivity contribution in [3.8, 4) is 0 Å². The van der Waals surface area contributed by atoms with E-state index < -0.39 is 0 Å². The quantitative estimate of drug-likeness (QED) is 0.730. The normalized spacial score (nSPS) is 47.2. The highest BCUT2D eigenvalue weighted by Gasteiger charge is 2.52. The van der Waals surface area contributed by atoms with Crippen LogP contribution in [0.4, 0.5) is 0 Å². The molecule has 3 nitrogen and oxygen atoms in total. The van der Waals surface area contributed by atoms with Crippen LogP contribution in [0, 0.1) is 17.8 Å². The Labute approximate surface area is 143 Å². The first-order chi connectivity index (χ1) is 10.7. The molecule has 0 bridgehead atoms. The predicted octanol–water partition coefficient (Wildman–Crippen LogP) is 2.05. The summed E-state index contributed by atoms with van der Waals surface area (Å²) in [4.78, 5) is 3.53. The van der Waals surface area contributed by atoms with Crippen molar-refractivity contribution >= 4 is 15.9 Å². The first-order valence-corrected chi connectivity index (χ1v) is 10.6. The molecule has 0 aromatic heterocycles. The van der Waals surface area contributed by atoms with Gasteiger partial charge in [0, 0.05) is 42.2 Å². The van der Waals surface area contributed by atoms with Crippen LogP contribution in [0.5, 0.6) is 0 Å². The van der Waals surface area contributed by atoms with Crippen molar-refractivity contribution < 1.29 is 5.32 Å². The van der Waals surface area contributed by atoms with Crippen LogP contribution in [-0.4, -0.2) is 41.1 Å². The van der Waals surface area contributed by atoms with Crippen molar-refractivity contribution in [2.75, 3.05) is 13.1 Å². The van der Waals surface area contributed by atoms with E-state index in [0.717, 1.165) is 23.8 Å². The molecule has 6 atom stereocenters. The highest BCUT2D eigenvalue weighted by molar-refractivity contribution is 9.09. The smallest absolute Gasteiger partial charge is 0.146 e. The summed E-state index contributed by atoms with van der Waals surface area (Å²) in [6.07, 6.45) is 13.4. The van der Waals surface area contributed by atoms with Gasteiger partial charge in [0.2, 0.25) is 0 Å². The molecule has 2 heterocycles. The first kappa shape index (κ1) is 15.9. The molecular formula is C18H33BrN3+. The SMILES string of the molecule is NC1C2CC(Br)CCC2[NH2+]C2C1CCN2CC1CCCCC1. The summed E-state index contributed by atoms with van der Waals surface area (Å²) >= 11 is 3.85. The van der Waals surface area contributed by atoms with E-state index in [1.165, 1.54) is 70.9 Å². The highest BCUT2D eigenvalue weighted by Crippen LogP contribution is 2.38. The number of likely N-dealkylation sites (tertiary alicyclic amines) is 1. The molecule has 2 saturated carbocycles. The van der Waals surface area contributed by atoms with Crippen molar-refractivity contribution in [2.45, 2.75) is 80.9 Å². The summed E-state index contributed by atoms with van der Waals surface area (Å²) in [5, 5.41) is 2.74. The maximum absolute atomic E-state index is 6.76. The molecule has 22 heavy (non-hydrogen) atoms. The molecule has 0 aromatic rings. The first-order valence-electron chi connectivity index (χ1n) is 9.71. The van der Waals surface area contributed by atoms with E-state index in [-0.39, 0.29) is 0 Å². The summed E-state index contributed by atoms with van der Waals surface area (Å²) in [6, 6.07) is 1.23. The largest absolute Gasteiger partial charge is 0.328 e. The molecule has 4 fully saturated rings. The minimum Gasteiger partial charge on any atom is -0.328 e. The highest BCUT2D eigenvalue weighted by atomic mass is 79.9. The Morgan fingerprint density at radius 1 is 1.00 bits per heavy atom. The second-order valence-corrected chi connectivity index (χ2v) is 9.74. The van der Waals surface area contributed by atoms with E-state index in [4.69, 9.17) is 5.73 Å². The molecule has 2 aliphatic heterocycles. The summed E-state index contributed by atoms with van der Waals surface area (Å²) < 4.78 is 0. The van der Waals surface area contributed by atoms with Crippen LogP contribution in [0.2, 0.25) is 0 Å². The Hall–Kier alpha value is 0.360. The Morgan fingerprint density at radius 2 is 1.82 bits per heavy atom. The molecule has 2 aliphatic carbocycles. The summed E-state index contributed by atoms with van der Waals surface area (Å²) in [7, 11) is 0. The number of quaternary nitrogens is 1. The number of nitrogens with two attached hydrogens (primary N) is 2. The van der Waals surface area contributed by atoms with Crippen LogP contribution in [0.1, 0.15) is 57.8 Å². The van der Waals surface area contributed by atoms with E-state index in [1.807, 2.05) is 0 Å². The Kier molecular flexibility index (Phi) is 4.83. The fourth-order valence-electron chi connectivity index (χ4n) is 5.93. The maximum atomic E-state index is 6.76. The molecule has 4 rings (SSSR count). The van der Waals surface area contributed by atoms with Gasteiger partial charge in [-0.15, -0.1) is 0 Å². The van der Waals surface area contributed by atoms with Gasteiger partial charge in [0.25, 0.3) is 0 Å². The number of nitrogens with zero attached hydrogens (tertiary/aromatic N) is 1. The van der Waals surface area contributed by atoms with Crippen LogP contribution in [0.3, 0.4) is 0 Å². The van der Waals surface area contributed by atoms with Crippen molar-refractivity contribution in [2.24, 2.45) is 23.5 Å². The van der Waals surface area contributed by atoms with Gasteiger partial charge in [-0.2, -0.15) is 0 Å². The molecule has 4 heteroatoms. The lowest BCUT2D eigenvalue weighted by Gasteiger charge is -2.46. The van der Waals surface area contributed by atoms with Crippen LogP contribution in [-0.2, 0) is 0 Å². The maximum Gasteiger partial charge on any atom is 0.146 e. The zero-order chi connectivity index (χ0) is 15.1. The van der Waals surface area contributed by atoms with Crippen molar-refractivity contribution in [3.63, 3.8) is 0 Å². The summed E-state index contributed by atoms with van der Waals surface area (Å²) in [5.74, 6) is 2.45. The average molecular weight is 371 g/mol. The molecule has 2 saturated heterocycles. The van der Waals surface area contributed by atoms with Crippen LogP contribution in [0.15, 0.2) is 0 Å². The third-order valence-corrected chi connectivity index (χ3v) is 7.98. The topological polar surface area (TPSA) is 45.9 Å². The van der Waals surface area contributed by atoms with Crippen LogP contribution in [0.25, 0.3) is 0 Å². The molecule has 6 unspecified atom stereocenters. The Morgan fingerprint density at radius 3 is 2.64 bits per heavy atom. The van der Waals surface area contributed by atoms with Gasteiger partial charge in [0.15, 0.2) is 0 Å². The lowest BCUT2D eigenvalue weighted by molar-refractivity contribution is -0.760. The molecule has 4 N–H and O–H groups in total. The molecule has 0 radical (unpaired) electrons. The molecule has 0 amide bonds. The van der Waals surface area contributed by atoms with Gasteiger partial charge in [-0.1, -0.05) is 35.2 Å². The van der Waals surface area contributed by atoms with Crippen molar-refractivity contribution in [1.82, 2.24) is 4.90 Å². The molecule has 0 aromatic carbocycles. The Balaban J connectivity index is 1.42. The van der Waals surface area contributed by atoms with Gasteiger partial charge in [0.1, 0.15) is 6.17 Å². The summed E-state index contributed by atoms with van der Waals surface area (Å²) in [6.45, 7) is 2.65. The lowest BCUT2D eigenvalue weighted by Crippen LogP contribution is -3.03. The Bertz CT molecular complexity index is 385. The minimum atomic E-state index is 0.441. The fourth-order valence-corrected chi connectivity index (χ4v) is 6.63. The molecule has 0 spiro atoms. The van der Waals surface area contributed by atoms with Gasteiger partial charge in [-0.05, 0) is 38.0 Å². The van der Waals surface area contributed by atoms with Crippen molar-refractivity contribution in [3.05, 3.63) is 0 Å². The number of fused-ring (bicyclic) bond motifs is 2. The molecular weight excluding hydrogens is 338 g/mol. The number of rotatable bonds is 2. The van der Waals surface area contributed by atoms with Gasteiger partial charge in [-0.3, -0.25) is 4.90 Å². The monoisotopic (exact) mass is 370 g/mol. The van der Waals surface area contributed by atoms with E-state index in [0.29, 0.717) is 17.0 Å². The zero-order valence-electron chi connectivity index (χ0n) is 13.8. The van der Waals surface area contributed by atoms with E-state index in [2.05, 4.69) is 26.1 Å². The lowest BCUT2D eigenvalue weighted by atomic mass is 9.71. The third-order valence-electron chi connectivity index (χ3n) is 7.15. The standard InChI is InChI=1S/C18H32BrN3/c19-13-6-7-16-15(10-13)17(20)14-8-9-22(18(14)21-16)11-12-4-2-1-3-5-12/h12-18,21H,1-11,20H2/p+1. The van der Waals surface area contributed by atoms with Gasteiger partial charge < -0.3 is 11.1 Å². The number of hydrogen-bond donors (Lipinski definition) is 2. The minimum absolute atomic E-state index is 0.441. The summed E-state index contributed by atoms with van der Waals surface area (Å²) in [5.41, 5.74) is 6.76. The van der Waals surface area contributed by atoms with E-state index >= 15 is 0 Å². The van der Waals surface area contributed by atoms with Gasteiger partial charge in [-0.25, -0.2) is 0 Å². The number of alkyl halides is 1. The second kappa shape index (κ2) is 6.70. The van der Waals surface area contributed by atoms with Crippen LogP contribution >= 0.6 is 15.9 Å². The zero-order valence-corrected chi connectivity index (χ0v) is 15.4. The predicted molar refractivity (Wildman–Crippen MR) is 93.8 cm³/mol. The number of hydrogen-bond acceptors (Lipinski definition) is 2. The number of piperidine rings is 1. The fraction of sp³-hybridized carbons (Fsp3) is 1.00. The molecule has 4 aliphatic rings. The van der Waals surface area contributed by atoms with Crippen molar-refractivity contribution in [1.29, 1.82) is 0 Å². The average Bonchev–Trinajstić information content (AvgIpc) is 2.93. The van der Waals surface area contributed by atoms with Gasteiger partial charge in [0.05, 0.1) is 6.04 Å². The van der Waals surface area contributed by atoms with E-state index in [1.54, 1.807) is 0 Å². The molecule has 126 valence electrons. The van der Waals surface area contributed by atoms with Gasteiger partial charge >= 0.3 is 0 Å².